The van der Waals surface area contributed by atoms with Gasteiger partial charge in [-0.25, -0.2) is 8.78 Å². The lowest BCUT2D eigenvalue weighted by atomic mass is 10.1. The number of benzene rings is 1. The van der Waals surface area contributed by atoms with Crippen molar-refractivity contribution >= 4 is 5.91 Å². The normalized spacial score (nSPS) is 18.2. The van der Waals surface area contributed by atoms with Crippen molar-refractivity contribution in [1.82, 2.24) is 15.0 Å². The number of carbonyl (C=O) groups is 1. The molecular weight excluding hydrogens is 308 g/mol. The molecule has 1 fully saturated rings. The van der Waals surface area contributed by atoms with Gasteiger partial charge in [-0.3, -0.25) is 4.79 Å². The molecule has 0 spiro atoms. The molecule has 0 N–H and O–H groups in total. The van der Waals surface area contributed by atoms with Gasteiger partial charge in [0, 0.05) is 26.0 Å². The number of aromatic nitrogens is 2. The highest BCUT2D eigenvalue weighted by molar-refractivity contribution is 5.73. The molecule has 0 aliphatic carbocycles. The van der Waals surface area contributed by atoms with E-state index in [0.29, 0.717) is 31.1 Å². The fourth-order valence-corrected chi connectivity index (χ4v) is 2.45. The first-order chi connectivity index (χ1) is 11.0. The quantitative estimate of drug-likeness (QED) is 0.862. The third kappa shape index (κ3) is 3.70. The van der Waals surface area contributed by atoms with Gasteiger partial charge in [-0.15, -0.1) is 0 Å². The summed E-state index contributed by atoms with van der Waals surface area (Å²) in [6.07, 6.45) is -0.348. The molecule has 23 heavy (non-hydrogen) atoms. The van der Waals surface area contributed by atoms with E-state index in [9.17, 15) is 13.6 Å². The van der Waals surface area contributed by atoms with E-state index < -0.39 is 17.7 Å². The van der Waals surface area contributed by atoms with Crippen LogP contribution in [0.25, 0.3) is 0 Å². The Kier molecular flexibility index (Phi) is 4.33. The van der Waals surface area contributed by atoms with E-state index in [1.165, 1.54) is 19.1 Å². The Morgan fingerprint density at radius 3 is 2.78 bits per heavy atom. The zero-order valence-electron chi connectivity index (χ0n) is 12.5. The summed E-state index contributed by atoms with van der Waals surface area (Å²) in [5, 5.41) is 3.80. The third-order valence-electron chi connectivity index (χ3n) is 3.56. The maximum Gasteiger partial charge on any atom is 0.257 e. The van der Waals surface area contributed by atoms with Gasteiger partial charge in [0.2, 0.25) is 5.91 Å². The number of carbonyl (C=O) groups excluding carboxylic acids is 1. The molecule has 2 heterocycles. The van der Waals surface area contributed by atoms with Crippen LogP contribution in [0.1, 0.15) is 30.3 Å². The number of morpholine rings is 1. The first-order valence-corrected chi connectivity index (χ1v) is 7.16. The lowest BCUT2D eigenvalue weighted by Crippen LogP contribution is -2.41. The summed E-state index contributed by atoms with van der Waals surface area (Å²) in [7, 11) is 0. The summed E-state index contributed by atoms with van der Waals surface area (Å²) in [6, 6.07) is 3.23. The minimum absolute atomic E-state index is 0.0479. The van der Waals surface area contributed by atoms with Gasteiger partial charge in [-0.05, 0) is 17.7 Å². The average molecular weight is 323 g/mol. The second-order valence-corrected chi connectivity index (χ2v) is 5.33. The SMILES string of the molecule is CC(=O)N1CCOC(c2nc(Cc3cc(F)cc(F)c3)no2)C1. The van der Waals surface area contributed by atoms with Gasteiger partial charge < -0.3 is 14.2 Å². The van der Waals surface area contributed by atoms with Crippen LogP contribution < -0.4 is 0 Å². The van der Waals surface area contributed by atoms with Crippen LogP contribution in [0.4, 0.5) is 8.78 Å². The molecule has 1 atom stereocenters. The number of nitrogens with zero attached hydrogens (tertiary/aromatic N) is 3. The zero-order valence-corrected chi connectivity index (χ0v) is 12.5. The van der Waals surface area contributed by atoms with Crippen LogP contribution in [0.3, 0.4) is 0 Å². The van der Waals surface area contributed by atoms with Crippen molar-refractivity contribution in [3.8, 4) is 0 Å². The van der Waals surface area contributed by atoms with Gasteiger partial charge >= 0.3 is 0 Å². The van der Waals surface area contributed by atoms with Crippen molar-refractivity contribution in [2.24, 2.45) is 0 Å². The fourth-order valence-electron chi connectivity index (χ4n) is 2.45. The van der Waals surface area contributed by atoms with E-state index >= 15 is 0 Å². The number of halogens is 2. The molecule has 1 amide bonds. The highest BCUT2D eigenvalue weighted by Gasteiger charge is 2.28. The summed E-state index contributed by atoms with van der Waals surface area (Å²) in [4.78, 5) is 17.3. The summed E-state index contributed by atoms with van der Waals surface area (Å²) in [6.45, 7) is 2.73. The molecule has 6 nitrogen and oxygen atoms in total. The highest BCUT2D eigenvalue weighted by atomic mass is 19.1. The molecule has 1 aliphatic rings. The zero-order chi connectivity index (χ0) is 16.4. The van der Waals surface area contributed by atoms with E-state index in [2.05, 4.69) is 10.1 Å². The van der Waals surface area contributed by atoms with Crippen molar-refractivity contribution in [3.05, 3.63) is 47.1 Å². The van der Waals surface area contributed by atoms with Gasteiger partial charge in [-0.1, -0.05) is 5.16 Å². The molecule has 1 saturated heterocycles. The topological polar surface area (TPSA) is 68.5 Å². The molecule has 1 aromatic carbocycles. The van der Waals surface area contributed by atoms with E-state index in [1.54, 1.807) is 4.90 Å². The lowest BCUT2D eigenvalue weighted by Gasteiger charge is -2.30. The highest BCUT2D eigenvalue weighted by Crippen LogP contribution is 2.21. The molecular formula is C15H15F2N3O3. The monoisotopic (exact) mass is 323 g/mol. The van der Waals surface area contributed by atoms with Crippen LogP contribution >= 0.6 is 0 Å². The molecule has 1 aliphatic heterocycles. The van der Waals surface area contributed by atoms with Crippen LogP contribution in [0.5, 0.6) is 0 Å². The largest absolute Gasteiger partial charge is 0.365 e. The van der Waals surface area contributed by atoms with Crippen molar-refractivity contribution in [2.45, 2.75) is 19.4 Å². The average Bonchev–Trinajstić information content (AvgIpc) is 2.95. The Morgan fingerprint density at radius 1 is 1.35 bits per heavy atom. The predicted octanol–water partition coefficient (Wildman–Crippen LogP) is 1.86. The van der Waals surface area contributed by atoms with Crippen LogP contribution in [0.2, 0.25) is 0 Å². The van der Waals surface area contributed by atoms with Gasteiger partial charge in [0.15, 0.2) is 11.9 Å². The Labute approximate surface area is 131 Å². The number of hydrogen-bond acceptors (Lipinski definition) is 5. The second kappa shape index (κ2) is 6.41. The molecule has 0 radical (unpaired) electrons. The van der Waals surface area contributed by atoms with Gasteiger partial charge in [0.05, 0.1) is 13.2 Å². The summed E-state index contributed by atoms with van der Waals surface area (Å²) >= 11 is 0. The number of hydrogen-bond donors (Lipinski definition) is 0. The number of ether oxygens (including phenoxy) is 1. The molecule has 1 unspecified atom stereocenters. The van der Waals surface area contributed by atoms with Crippen molar-refractivity contribution in [3.63, 3.8) is 0 Å². The van der Waals surface area contributed by atoms with Crippen molar-refractivity contribution < 1.29 is 22.8 Å². The van der Waals surface area contributed by atoms with E-state index in [-0.39, 0.29) is 18.2 Å². The Morgan fingerprint density at radius 2 is 2.09 bits per heavy atom. The maximum absolute atomic E-state index is 13.2. The first-order valence-electron chi connectivity index (χ1n) is 7.16. The summed E-state index contributed by atoms with van der Waals surface area (Å²) < 4.78 is 37.1. The Hall–Kier alpha value is -2.35. The van der Waals surface area contributed by atoms with Crippen molar-refractivity contribution in [2.75, 3.05) is 19.7 Å². The minimum atomic E-state index is -0.656. The Bertz CT molecular complexity index is 699. The van der Waals surface area contributed by atoms with E-state index in [4.69, 9.17) is 9.26 Å². The maximum atomic E-state index is 13.2. The molecule has 122 valence electrons. The fraction of sp³-hybridized carbons (Fsp3) is 0.400. The minimum Gasteiger partial charge on any atom is -0.365 e. The van der Waals surface area contributed by atoms with Gasteiger partial charge in [-0.2, -0.15) is 4.98 Å². The molecule has 0 bridgehead atoms. The van der Waals surface area contributed by atoms with Crippen LogP contribution in [-0.4, -0.2) is 40.6 Å². The van der Waals surface area contributed by atoms with E-state index in [0.717, 1.165) is 6.07 Å². The standard InChI is InChI=1S/C15H15F2N3O3/c1-9(21)20-2-3-22-13(8-20)15-18-14(19-23-15)6-10-4-11(16)7-12(17)5-10/h4-5,7,13H,2-3,6,8H2,1H3. The molecule has 2 aromatic rings. The number of rotatable bonds is 3. The van der Waals surface area contributed by atoms with E-state index in [1.807, 2.05) is 0 Å². The molecule has 3 rings (SSSR count). The van der Waals surface area contributed by atoms with Crippen LogP contribution in [0.15, 0.2) is 22.7 Å². The second-order valence-electron chi connectivity index (χ2n) is 5.33. The Balaban J connectivity index is 1.71. The van der Waals surface area contributed by atoms with Crippen molar-refractivity contribution in [1.29, 1.82) is 0 Å². The molecule has 8 heteroatoms. The number of amides is 1. The van der Waals surface area contributed by atoms with Crippen LogP contribution in [-0.2, 0) is 16.0 Å². The smallest absolute Gasteiger partial charge is 0.257 e. The molecule has 0 saturated carbocycles. The first kappa shape index (κ1) is 15.5. The van der Waals surface area contributed by atoms with Gasteiger partial charge in [0.25, 0.3) is 5.89 Å². The van der Waals surface area contributed by atoms with Gasteiger partial charge in [0.1, 0.15) is 11.6 Å². The summed E-state index contributed by atoms with van der Waals surface area (Å²) in [5.41, 5.74) is 0.407. The lowest BCUT2D eigenvalue weighted by molar-refractivity contribution is -0.137. The summed E-state index contributed by atoms with van der Waals surface area (Å²) in [5.74, 6) is -0.808. The van der Waals surface area contributed by atoms with Crippen LogP contribution in [0, 0.1) is 11.6 Å². The third-order valence-corrected chi connectivity index (χ3v) is 3.56. The molecule has 1 aromatic heterocycles. The predicted molar refractivity (Wildman–Crippen MR) is 74.4 cm³/mol.